The van der Waals surface area contributed by atoms with Crippen molar-refractivity contribution in [2.24, 2.45) is 4.99 Å². The Bertz CT molecular complexity index is 1800. The highest BCUT2D eigenvalue weighted by atomic mass is 35.5. The molecule has 39 heavy (non-hydrogen) atoms. The van der Waals surface area contributed by atoms with Crippen molar-refractivity contribution in [3.63, 3.8) is 0 Å². The second-order valence-electron chi connectivity index (χ2n) is 8.37. The van der Waals surface area contributed by atoms with Crippen LogP contribution in [-0.2, 0) is 9.53 Å². The van der Waals surface area contributed by atoms with Crippen molar-refractivity contribution < 1.29 is 18.9 Å². The van der Waals surface area contributed by atoms with E-state index >= 15 is 0 Å². The van der Waals surface area contributed by atoms with E-state index in [0.29, 0.717) is 36.5 Å². The van der Waals surface area contributed by atoms with Crippen molar-refractivity contribution in [3.8, 4) is 0 Å². The molecule has 2 aromatic carbocycles. The van der Waals surface area contributed by atoms with Gasteiger partial charge in [-0.2, -0.15) is 0 Å². The van der Waals surface area contributed by atoms with Crippen LogP contribution in [-0.4, -0.2) is 22.1 Å². The second-order valence-corrected chi connectivity index (χ2v) is 10.9. The molecule has 5 rings (SSSR count). The monoisotopic (exact) mass is 581 g/mol. The Balaban J connectivity index is 1.59. The summed E-state index contributed by atoms with van der Waals surface area (Å²) in [6.45, 7) is 3.45. The first-order valence-corrected chi connectivity index (χ1v) is 13.7. The topological polar surface area (TPSA) is 117 Å². The number of nitrogens with zero attached hydrogens (tertiary/aromatic N) is 3. The first-order valence-electron chi connectivity index (χ1n) is 11.7. The maximum atomic E-state index is 13.7. The summed E-state index contributed by atoms with van der Waals surface area (Å²) in [4.78, 5) is 43.4. The molecule has 1 atom stereocenters. The number of ether oxygens (including phenoxy) is 1. The van der Waals surface area contributed by atoms with Gasteiger partial charge in [0.15, 0.2) is 9.89 Å². The molecule has 0 saturated carbocycles. The summed E-state index contributed by atoms with van der Waals surface area (Å²) in [5.74, 6) is -0.176. The van der Waals surface area contributed by atoms with Crippen LogP contribution >= 0.6 is 34.7 Å². The first kappa shape index (κ1) is 26.7. The van der Waals surface area contributed by atoms with Crippen LogP contribution in [0.2, 0.25) is 5.02 Å². The molecule has 3 heterocycles. The van der Waals surface area contributed by atoms with Gasteiger partial charge in [-0.15, -0.1) is 0 Å². The average Bonchev–Trinajstić information content (AvgIpc) is 3.48. The summed E-state index contributed by atoms with van der Waals surface area (Å²) >= 11 is 8.50. The third-order valence-corrected chi connectivity index (χ3v) is 7.98. The molecule has 1 aliphatic rings. The Kier molecular flexibility index (Phi) is 7.56. The predicted octanol–water partition coefficient (Wildman–Crippen LogP) is 5.10. The highest BCUT2D eigenvalue weighted by molar-refractivity contribution is 7.99. The van der Waals surface area contributed by atoms with Crippen LogP contribution < -0.4 is 14.9 Å². The first-order chi connectivity index (χ1) is 18.7. The van der Waals surface area contributed by atoms with Crippen LogP contribution in [0.15, 0.2) is 96.1 Å². The van der Waals surface area contributed by atoms with Crippen molar-refractivity contribution in [1.29, 1.82) is 0 Å². The zero-order chi connectivity index (χ0) is 27.7. The number of nitro benzene ring substituents is 1. The van der Waals surface area contributed by atoms with E-state index < -0.39 is 22.5 Å². The van der Waals surface area contributed by atoms with Crippen LogP contribution in [0.25, 0.3) is 6.08 Å². The van der Waals surface area contributed by atoms with Gasteiger partial charge in [0, 0.05) is 28.1 Å². The molecule has 0 unspecified atom stereocenters. The van der Waals surface area contributed by atoms with Gasteiger partial charge in [-0.3, -0.25) is 19.5 Å². The van der Waals surface area contributed by atoms with Crippen molar-refractivity contribution in [3.05, 3.63) is 118 Å². The van der Waals surface area contributed by atoms with Crippen LogP contribution in [0.4, 0.5) is 5.69 Å². The van der Waals surface area contributed by atoms with Crippen molar-refractivity contribution in [1.82, 2.24) is 4.57 Å². The number of rotatable bonds is 7. The van der Waals surface area contributed by atoms with Crippen molar-refractivity contribution in [2.45, 2.75) is 29.9 Å². The number of furan rings is 1. The van der Waals surface area contributed by atoms with E-state index in [9.17, 15) is 19.7 Å². The Morgan fingerprint density at radius 2 is 2.03 bits per heavy atom. The van der Waals surface area contributed by atoms with Gasteiger partial charge in [0.2, 0.25) is 0 Å². The molecule has 1 aliphatic heterocycles. The fourth-order valence-corrected chi connectivity index (χ4v) is 6.06. The molecule has 9 nitrogen and oxygen atoms in total. The number of nitro groups is 1. The summed E-state index contributed by atoms with van der Waals surface area (Å²) in [7, 11) is 0. The smallest absolute Gasteiger partial charge is 0.338 e. The number of benzene rings is 2. The van der Waals surface area contributed by atoms with Gasteiger partial charge in [-0.25, -0.2) is 9.79 Å². The number of thiazole rings is 1. The number of carbonyl (C=O) groups is 1. The van der Waals surface area contributed by atoms with Crippen LogP contribution in [0, 0.1) is 10.1 Å². The third kappa shape index (κ3) is 5.47. The molecular formula is C27H20ClN3O6S2. The summed E-state index contributed by atoms with van der Waals surface area (Å²) in [6, 6.07) is 15.8. The number of hydrogen-bond acceptors (Lipinski definition) is 9. The molecule has 4 aromatic rings. The fraction of sp³-hybridized carbons (Fsp3) is 0.148. The van der Waals surface area contributed by atoms with E-state index in [1.807, 2.05) is 12.1 Å². The number of hydrogen-bond donors (Lipinski definition) is 0. The minimum absolute atomic E-state index is 0.122. The van der Waals surface area contributed by atoms with E-state index in [4.69, 9.17) is 20.8 Å². The maximum Gasteiger partial charge on any atom is 0.338 e. The van der Waals surface area contributed by atoms with Gasteiger partial charge in [-0.1, -0.05) is 46.8 Å². The largest absolute Gasteiger partial charge is 0.463 e. The Morgan fingerprint density at radius 3 is 2.74 bits per heavy atom. The zero-order valence-electron chi connectivity index (χ0n) is 20.6. The quantitative estimate of drug-likeness (QED) is 0.169. The number of esters is 1. The lowest BCUT2D eigenvalue weighted by atomic mass is 9.95. The molecule has 2 aromatic heterocycles. The molecule has 0 saturated heterocycles. The van der Waals surface area contributed by atoms with E-state index in [0.717, 1.165) is 16.2 Å². The SMILES string of the molecule is CCOC(=O)C1=C(C)N=c2s/c(=C/c3ccc(Sc4ccc(Cl)cc4)o3)c(=O)n2[C@H]1c1cccc([N+](=O)[O-])c1. The minimum atomic E-state index is -0.949. The van der Waals surface area contributed by atoms with Gasteiger partial charge >= 0.3 is 5.97 Å². The van der Waals surface area contributed by atoms with Gasteiger partial charge in [0.25, 0.3) is 11.2 Å². The van der Waals surface area contributed by atoms with E-state index in [2.05, 4.69) is 4.99 Å². The lowest BCUT2D eigenvalue weighted by Gasteiger charge is -2.24. The standard InChI is InChI=1S/C27H20ClN3O6S2/c1-3-36-26(33)23-15(2)29-27-30(24(23)16-5-4-6-18(13-16)31(34)35)25(32)21(39-27)14-19-9-12-22(37-19)38-20-10-7-17(28)8-11-20/h4-14,24H,3H2,1-2H3/b21-14+/t24-/m0/s1. The Morgan fingerprint density at radius 1 is 1.26 bits per heavy atom. The number of carbonyl (C=O) groups excluding carboxylic acids is 1. The minimum Gasteiger partial charge on any atom is -0.463 e. The van der Waals surface area contributed by atoms with Crippen LogP contribution in [0.1, 0.15) is 31.2 Å². The fourth-order valence-electron chi connectivity index (χ4n) is 4.13. The maximum absolute atomic E-state index is 13.7. The second kappa shape index (κ2) is 11.0. The average molecular weight is 582 g/mol. The van der Waals surface area contributed by atoms with E-state index in [-0.39, 0.29) is 17.9 Å². The van der Waals surface area contributed by atoms with Gasteiger partial charge < -0.3 is 9.15 Å². The van der Waals surface area contributed by atoms with Gasteiger partial charge in [0.1, 0.15) is 5.76 Å². The Hall–Kier alpha value is -3.93. The third-order valence-electron chi connectivity index (χ3n) is 5.82. The molecule has 0 bridgehead atoms. The lowest BCUT2D eigenvalue weighted by molar-refractivity contribution is -0.384. The molecule has 198 valence electrons. The number of aromatic nitrogens is 1. The molecule has 12 heteroatoms. The van der Waals surface area contributed by atoms with E-state index in [1.54, 1.807) is 50.3 Å². The van der Waals surface area contributed by atoms with Gasteiger partial charge in [-0.05, 0) is 55.8 Å². The summed E-state index contributed by atoms with van der Waals surface area (Å²) in [5.41, 5.74) is 0.351. The van der Waals surface area contributed by atoms with Crippen LogP contribution in [0.5, 0.6) is 0 Å². The molecule has 0 radical (unpaired) electrons. The van der Waals surface area contributed by atoms with Gasteiger partial charge in [0.05, 0.1) is 33.4 Å². The highest BCUT2D eigenvalue weighted by Gasteiger charge is 2.34. The van der Waals surface area contributed by atoms with Crippen molar-refractivity contribution in [2.75, 3.05) is 6.61 Å². The van der Waals surface area contributed by atoms with Crippen molar-refractivity contribution >= 4 is 52.4 Å². The molecule has 0 aliphatic carbocycles. The predicted molar refractivity (Wildman–Crippen MR) is 148 cm³/mol. The number of allylic oxidation sites excluding steroid dienone is 1. The van der Waals surface area contributed by atoms with Crippen LogP contribution in [0.3, 0.4) is 0 Å². The Labute approximate surface area is 234 Å². The molecule has 0 amide bonds. The molecule has 0 N–H and O–H groups in total. The normalized spacial score (nSPS) is 15.2. The number of non-ortho nitro benzene ring substituents is 1. The summed E-state index contributed by atoms with van der Waals surface area (Å²) < 4.78 is 12.9. The molecule has 0 spiro atoms. The lowest BCUT2D eigenvalue weighted by Crippen LogP contribution is -2.39. The summed E-state index contributed by atoms with van der Waals surface area (Å²) in [6.07, 6.45) is 1.61. The number of halogens is 1. The zero-order valence-corrected chi connectivity index (χ0v) is 23.0. The van der Waals surface area contributed by atoms with E-state index in [1.165, 1.54) is 34.5 Å². The molecular weight excluding hydrogens is 562 g/mol. The highest BCUT2D eigenvalue weighted by Crippen LogP contribution is 2.33. The molecule has 0 fully saturated rings. The summed E-state index contributed by atoms with van der Waals surface area (Å²) in [5, 5.41) is 12.7. The number of fused-ring (bicyclic) bond motifs is 1.